The summed E-state index contributed by atoms with van der Waals surface area (Å²) in [6, 6.07) is 4.03. The van der Waals surface area contributed by atoms with Crippen molar-refractivity contribution in [1.29, 1.82) is 0 Å². The van der Waals surface area contributed by atoms with Crippen molar-refractivity contribution in [2.45, 2.75) is 30.7 Å². The van der Waals surface area contributed by atoms with Crippen molar-refractivity contribution in [2.75, 3.05) is 23.9 Å². The fourth-order valence-electron chi connectivity index (χ4n) is 2.62. The highest BCUT2D eigenvalue weighted by molar-refractivity contribution is 7.92. The topological polar surface area (TPSA) is 119 Å². The third-order valence-corrected chi connectivity index (χ3v) is 7.22. The molecule has 1 aromatic carbocycles. The van der Waals surface area contributed by atoms with Crippen LogP contribution in [0.4, 0.5) is 5.69 Å². The van der Waals surface area contributed by atoms with Gasteiger partial charge in [0, 0.05) is 12.5 Å². The molecule has 1 amide bonds. The van der Waals surface area contributed by atoms with Crippen LogP contribution in [0.2, 0.25) is 0 Å². The summed E-state index contributed by atoms with van der Waals surface area (Å²) in [6.45, 7) is 2.86. The van der Waals surface area contributed by atoms with Gasteiger partial charge in [-0.3, -0.25) is 4.79 Å². The molecule has 0 unspecified atom stereocenters. The molecular formula is C14H20N2O6S2. The highest BCUT2D eigenvalue weighted by atomic mass is 32.2. The second-order valence-electron chi connectivity index (χ2n) is 6.05. The number of carbonyl (C=O) groups is 1. The van der Waals surface area contributed by atoms with Crippen LogP contribution in [0, 0.1) is 0 Å². The van der Waals surface area contributed by atoms with Crippen molar-refractivity contribution in [2.24, 2.45) is 0 Å². The number of rotatable bonds is 5. The van der Waals surface area contributed by atoms with E-state index in [-0.39, 0.29) is 34.4 Å². The maximum Gasteiger partial charge on any atom is 0.241 e. The minimum absolute atomic E-state index is 0.0498. The van der Waals surface area contributed by atoms with Crippen LogP contribution in [0.15, 0.2) is 23.1 Å². The zero-order chi connectivity index (χ0) is 18.2. The number of ether oxygens (including phenoxy) is 1. The van der Waals surface area contributed by atoms with E-state index in [4.69, 9.17) is 4.74 Å². The first-order valence-electron chi connectivity index (χ1n) is 7.16. The molecule has 1 saturated heterocycles. The van der Waals surface area contributed by atoms with Crippen molar-refractivity contribution in [1.82, 2.24) is 4.72 Å². The fraction of sp³-hybridized carbons (Fsp3) is 0.500. The molecule has 1 aliphatic heterocycles. The third kappa shape index (κ3) is 4.25. The molecule has 24 heavy (non-hydrogen) atoms. The summed E-state index contributed by atoms with van der Waals surface area (Å²) in [6.07, 6.45) is 0.212. The van der Waals surface area contributed by atoms with E-state index in [9.17, 15) is 21.6 Å². The van der Waals surface area contributed by atoms with Gasteiger partial charge in [-0.2, -0.15) is 0 Å². The van der Waals surface area contributed by atoms with Gasteiger partial charge in [-0.05, 0) is 31.5 Å². The SMILES string of the molecule is COc1ccc(S(=O)(=O)N[C@]2(C)CCS(=O)(=O)C2)cc1NC(C)=O. The summed E-state index contributed by atoms with van der Waals surface area (Å²) in [5.41, 5.74) is -0.830. The Bertz CT molecular complexity index is 863. The standard InChI is InChI=1S/C14H20N2O6S2/c1-10(17)15-12-8-11(4-5-13(12)22-3)24(20,21)16-14(2)6-7-23(18,19)9-14/h4-5,8,16H,6-7,9H2,1-3H3,(H,15,17)/t14-/m1/s1. The Morgan fingerprint density at radius 3 is 2.50 bits per heavy atom. The van der Waals surface area contributed by atoms with Crippen LogP contribution in [-0.4, -0.2) is 46.9 Å². The van der Waals surface area contributed by atoms with E-state index in [2.05, 4.69) is 10.0 Å². The Balaban J connectivity index is 2.34. The number of sulfonamides is 1. The van der Waals surface area contributed by atoms with Gasteiger partial charge in [0.15, 0.2) is 9.84 Å². The van der Waals surface area contributed by atoms with Gasteiger partial charge in [0.2, 0.25) is 15.9 Å². The van der Waals surface area contributed by atoms with Crippen molar-refractivity contribution in [3.05, 3.63) is 18.2 Å². The Morgan fingerprint density at radius 1 is 1.33 bits per heavy atom. The highest BCUT2D eigenvalue weighted by Gasteiger charge is 2.41. The van der Waals surface area contributed by atoms with Crippen molar-refractivity contribution < 1.29 is 26.4 Å². The van der Waals surface area contributed by atoms with Gasteiger partial charge in [0.25, 0.3) is 0 Å². The lowest BCUT2D eigenvalue weighted by Gasteiger charge is -2.24. The Morgan fingerprint density at radius 2 is 2.00 bits per heavy atom. The number of methoxy groups -OCH3 is 1. The number of benzene rings is 1. The van der Waals surface area contributed by atoms with Gasteiger partial charge in [-0.1, -0.05) is 0 Å². The molecular weight excluding hydrogens is 356 g/mol. The van der Waals surface area contributed by atoms with Crippen LogP contribution in [0.1, 0.15) is 20.3 Å². The molecule has 1 aromatic rings. The average molecular weight is 376 g/mol. The molecule has 0 aliphatic carbocycles. The smallest absolute Gasteiger partial charge is 0.241 e. The summed E-state index contributed by atoms with van der Waals surface area (Å²) in [4.78, 5) is 11.2. The van der Waals surface area contributed by atoms with E-state index < -0.39 is 25.4 Å². The van der Waals surface area contributed by atoms with Crippen molar-refractivity contribution in [3.63, 3.8) is 0 Å². The molecule has 8 nitrogen and oxygen atoms in total. The van der Waals surface area contributed by atoms with E-state index in [1.165, 1.54) is 32.2 Å². The van der Waals surface area contributed by atoms with E-state index in [0.29, 0.717) is 5.75 Å². The molecule has 10 heteroatoms. The average Bonchev–Trinajstić information content (AvgIpc) is 2.70. The van der Waals surface area contributed by atoms with Crippen LogP contribution in [0.3, 0.4) is 0 Å². The molecule has 0 bridgehead atoms. The summed E-state index contributed by atoms with van der Waals surface area (Å²) >= 11 is 0. The molecule has 0 aromatic heterocycles. The zero-order valence-corrected chi connectivity index (χ0v) is 15.3. The van der Waals surface area contributed by atoms with Gasteiger partial charge in [-0.25, -0.2) is 21.6 Å². The van der Waals surface area contributed by atoms with Crippen LogP contribution in [-0.2, 0) is 24.7 Å². The summed E-state index contributed by atoms with van der Waals surface area (Å²) in [7, 11) is -5.80. The van der Waals surface area contributed by atoms with Crippen LogP contribution < -0.4 is 14.8 Å². The van der Waals surface area contributed by atoms with Crippen LogP contribution >= 0.6 is 0 Å². The predicted octanol–water partition coefficient (Wildman–Crippen LogP) is 0.509. The zero-order valence-electron chi connectivity index (χ0n) is 13.6. The maximum absolute atomic E-state index is 12.6. The van der Waals surface area contributed by atoms with E-state index >= 15 is 0 Å². The molecule has 1 aliphatic rings. The minimum atomic E-state index is -3.96. The Kier molecular flexibility index (Phi) is 4.93. The van der Waals surface area contributed by atoms with Crippen LogP contribution in [0.25, 0.3) is 0 Å². The van der Waals surface area contributed by atoms with Crippen molar-refractivity contribution >= 4 is 31.5 Å². The van der Waals surface area contributed by atoms with E-state index in [1.54, 1.807) is 6.92 Å². The number of hydrogen-bond acceptors (Lipinski definition) is 6. The molecule has 0 radical (unpaired) electrons. The quantitative estimate of drug-likeness (QED) is 0.773. The molecule has 134 valence electrons. The monoisotopic (exact) mass is 376 g/mol. The lowest BCUT2D eigenvalue weighted by molar-refractivity contribution is -0.114. The van der Waals surface area contributed by atoms with Gasteiger partial charge in [-0.15, -0.1) is 0 Å². The lowest BCUT2D eigenvalue weighted by Crippen LogP contribution is -2.46. The predicted molar refractivity (Wildman–Crippen MR) is 89.3 cm³/mol. The molecule has 0 spiro atoms. The second-order valence-corrected chi connectivity index (χ2v) is 9.92. The molecule has 2 rings (SSSR count). The summed E-state index contributed by atoms with van der Waals surface area (Å²) < 4.78 is 56.0. The van der Waals surface area contributed by atoms with E-state index in [1.807, 2.05) is 0 Å². The number of hydrogen-bond donors (Lipinski definition) is 2. The van der Waals surface area contributed by atoms with Crippen molar-refractivity contribution in [3.8, 4) is 5.75 Å². The fourth-order valence-corrected chi connectivity index (χ4v) is 6.26. The number of anilines is 1. The molecule has 1 atom stereocenters. The number of carbonyl (C=O) groups excluding carboxylic acids is 1. The number of nitrogens with one attached hydrogen (secondary N) is 2. The van der Waals surface area contributed by atoms with Gasteiger partial charge >= 0.3 is 0 Å². The lowest BCUT2D eigenvalue weighted by atomic mass is 10.0. The minimum Gasteiger partial charge on any atom is -0.495 e. The number of amides is 1. The highest BCUT2D eigenvalue weighted by Crippen LogP contribution is 2.30. The Hall–Kier alpha value is -1.65. The van der Waals surface area contributed by atoms with E-state index in [0.717, 1.165) is 0 Å². The first kappa shape index (κ1) is 18.7. The van der Waals surface area contributed by atoms with Gasteiger partial charge < -0.3 is 10.1 Å². The molecule has 1 fully saturated rings. The first-order chi connectivity index (χ1) is 11.0. The first-order valence-corrected chi connectivity index (χ1v) is 10.5. The molecule has 0 saturated carbocycles. The normalized spacial score (nSPS) is 23.0. The third-order valence-electron chi connectivity index (χ3n) is 3.68. The second kappa shape index (κ2) is 6.34. The van der Waals surface area contributed by atoms with Crippen LogP contribution in [0.5, 0.6) is 5.75 Å². The summed E-state index contributed by atoms with van der Waals surface area (Å²) in [5.74, 6) is -0.344. The molecule has 2 N–H and O–H groups in total. The largest absolute Gasteiger partial charge is 0.495 e. The maximum atomic E-state index is 12.6. The van der Waals surface area contributed by atoms with Gasteiger partial charge in [0.05, 0.1) is 29.2 Å². The number of sulfone groups is 1. The summed E-state index contributed by atoms with van der Waals surface area (Å²) in [5, 5.41) is 2.50. The Labute approximate surface area is 141 Å². The van der Waals surface area contributed by atoms with Gasteiger partial charge in [0.1, 0.15) is 5.75 Å². The molecule has 1 heterocycles.